The summed E-state index contributed by atoms with van der Waals surface area (Å²) in [7, 11) is 0. The Bertz CT molecular complexity index is 1970. The van der Waals surface area contributed by atoms with Gasteiger partial charge in [-0.1, -0.05) is 80.3 Å². The molecule has 2 aliphatic rings. The Morgan fingerprint density at radius 2 is 1.08 bits per heavy atom. The Morgan fingerprint density at radius 3 is 1.48 bits per heavy atom. The third-order valence-electron chi connectivity index (χ3n) is 10.4. The van der Waals surface area contributed by atoms with Gasteiger partial charge in [0.25, 0.3) is 0 Å². The van der Waals surface area contributed by atoms with Gasteiger partial charge in [-0.3, -0.25) is 4.90 Å². The minimum atomic E-state index is -0.489. The summed E-state index contributed by atoms with van der Waals surface area (Å²) in [4.78, 5) is 10.0. The van der Waals surface area contributed by atoms with Crippen LogP contribution in [-0.4, -0.2) is 75.2 Å². The van der Waals surface area contributed by atoms with Gasteiger partial charge < -0.3 is 35.8 Å². The van der Waals surface area contributed by atoms with Crippen molar-refractivity contribution >= 4 is 27.3 Å². The Kier molecular flexibility index (Phi) is 30.7. The van der Waals surface area contributed by atoms with Crippen molar-refractivity contribution in [3.63, 3.8) is 0 Å². The predicted octanol–water partition coefficient (Wildman–Crippen LogP) is 5.87. The Hall–Kier alpha value is -3.10. The van der Waals surface area contributed by atoms with Crippen LogP contribution in [0.1, 0.15) is 100.0 Å². The van der Waals surface area contributed by atoms with Gasteiger partial charge in [0.05, 0.1) is 5.56 Å². The maximum atomic E-state index is 13.6. The van der Waals surface area contributed by atoms with Crippen LogP contribution >= 0.6 is 15.9 Å². The largest absolute Gasteiger partial charge is 1.00 e. The Balaban J connectivity index is 0.000000477. The topological polar surface area (TPSA) is 36.8 Å². The zero-order valence-corrected chi connectivity index (χ0v) is 41.5. The fourth-order valence-electron chi connectivity index (χ4n) is 6.54. The Labute approximate surface area is 411 Å². The van der Waals surface area contributed by atoms with E-state index in [0.717, 1.165) is 56.8 Å². The first-order valence-electron chi connectivity index (χ1n) is 21.6. The zero-order chi connectivity index (χ0) is 43.5. The first-order chi connectivity index (χ1) is 29.1. The molecule has 10 heteroatoms. The van der Waals surface area contributed by atoms with Crippen LogP contribution in [0.5, 0.6) is 0 Å². The summed E-state index contributed by atoms with van der Waals surface area (Å²) in [6, 6.07) is 27.7. The SMILES string of the molecule is CCCCCN1CCN(c2ccc(C#Cc3ccc(C)c(F)c3)cc2)CC1.N#Cc1ccc(Br)cc1F.[C+]#Cc1ccc(N2CCN(CCCCC)CC2)cc1.[CH2-]CCC.[I-].[Li+]. The molecule has 0 unspecified atom stereocenters. The molecule has 0 N–H and O–H groups in total. The molecule has 326 valence electrons. The predicted molar refractivity (Wildman–Crippen MR) is 252 cm³/mol. The molecule has 0 saturated carbocycles. The van der Waals surface area contributed by atoms with Gasteiger partial charge >= 0.3 is 122 Å². The molecule has 6 rings (SSSR count). The third-order valence-corrected chi connectivity index (χ3v) is 10.9. The fourth-order valence-corrected chi connectivity index (χ4v) is 6.87. The number of anilines is 2. The van der Waals surface area contributed by atoms with E-state index >= 15 is 0 Å². The molecular formula is C52H64BrF2ILiN5. The molecule has 2 heterocycles. The molecule has 0 spiro atoms. The number of benzene rings is 4. The summed E-state index contributed by atoms with van der Waals surface area (Å²) in [6.07, 6.45) is 17.3. The average Bonchev–Trinajstić information content (AvgIpc) is 3.28. The second kappa shape index (κ2) is 33.4. The summed E-state index contributed by atoms with van der Waals surface area (Å²) >= 11 is 3.08. The molecule has 2 saturated heterocycles. The quantitative estimate of drug-likeness (QED) is 0.0619. The molecule has 2 aliphatic heterocycles. The summed E-state index contributed by atoms with van der Waals surface area (Å²) in [6.45, 7) is 23.5. The van der Waals surface area contributed by atoms with Gasteiger partial charge in [0.15, 0.2) is 0 Å². The van der Waals surface area contributed by atoms with Crippen molar-refractivity contribution in [2.75, 3.05) is 75.2 Å². The van der Waals surface area contributed by atoms with Crippen LogP contribution in [0.15, 0.2) is 89.4 Å². The number of hydrogen-bond donors (Lipinski definition) is 0. The van der Waals surface area contributed by atoms with E-state index in [2.05, 4.69) is 117 Å². The number of hydrogen-bond acceptors (Lipinski definition) is 5. The number of nitrogens with zero attached hydrogens (tertiary/aromatic N) is 5. The maximum Gasteiger partial charge on any atom is 1.00 e. The second-order valence-corrected chi connectivity index (χ2v) is 16.0. The summed E-state index contributed by atoms with van der Waals surface area (Å²) in [5.41, 5.74) is 5.77. The van der Waals surface area contributed by atoms with E-state index in [-0.39, 0.29) is 54.2 Å². The molecule has 5 nitrogen and oxygen atoms in total. The van der Waals surface area contributed by atoms with Crippen LogP contribution in [0.2, 0.25) is 0 Å². The van der Waals surface area contributed by atoms with Gasteiger partial charge in [0, 0.05) is 47.5 Å². The number of rotatable bonds is 11. The van der Waals surface area contributed by atoms with Crippen molar-refractivity contribution in [3.8, 4) is 23.8 Å². The van der Waals surface area contributed by atoms with E-state index < -0.39 is 5.82 Å². The molecule has 2 fully saturated rings. The average molecular weight is 1010 g/mol. The molecule has 4 aromatic carbocycles. The molecule has 0 aromatic heterocycles. The van der Waals surface area contributed by atoms with E-state index in [1.54, 1.807) is 25.1 Å². The summed E-state index contributed by atoms with van der Waals surface area (Å²) in [5.74, 6) is 7.90. The standard InChI is InChI=1S/C24H29FN2.C17H23N2.C7H3BrFN.C4H9.HI.Li/c1-3-4-5-14-26-15-17-27(18-16-26)23-12-10-21(11-13-23)8-9-22-7-6-20(2)24(25)19-22;1-3-5-6-11-18-12-14-19(15-13-18)17-9-7-16(4-2)8-10-17;8-6-2-1-5(4-10)7(9)3-6;1-3-4-2;;/h6-7,10-13,19H,3-5,14-18H2,1-2H3;7-10H,3,5-6,11-15H2,1H3;1-3H;1,3-4H2,2H3;1H;/q;+1;;-1;;+1/p-1. The maximum absolute atomic E-state index is 13.6. The van der Waals surface area contributed by atoms with Gasteiger partial charge in [-0.2, -0.15) is 11.7 Å². The van der Waals surface area contributed by atoms with Crippen molar-refractivity contribution in [1.82, 2.24) is 9.80 Å². The molecular weight excluding hydrogens is 946 g/mol. The van der Waals surface area contributed by atoms with Gasteiger partial charge in [0.2, 0.25) is 0 Å². The molecule has 0 amide bonds. The number of aryl methyl sites for hydroxylation is 1. The van der Waals surface area contributed by atoms with Gasteiger partial charge in [-0.25, -0.2) is 8.78 Å². The van der Waals surface area contributed by atoms with Crippen LogP contribution < -0.4 is 52.6 Å². The van der Waals surface area contributed by atoms with Gasteiger partial charge in [0.1, 0.15) is 17.7 Å². The third kappa shape index (κ3) is 21.5. The minimum absolute atomic E-state index is 0. The normalized spacial score (nSPS) is 13.4. The smallest absolute Gasteiger partial charge is 1.00 e. The number of halogens is 4. The zero-order valence-electron chi connectivity index (χ0n) is 37.8. The van der Waals surface area contributed by atoms with Crippen LogP contribution in [0, 0.1) is 61.0 Å². The number of unbranched alkanes of at least 4 members (excludes halogenated alkanes) is 5. The van der Waals surface area contributed by atoms with E-state index in [1.807, 2.05) is 18.2 Å². The van der Waals surface area contributed by atoms with Crippen molar-refractivity contribution in [1.29, 1.82) is 5.26 Å². The number of nitriles is 1. The molecule has 62 heavy (non-hydrogen) atoms. The Morgan fingerprint density at radius 1 is 0.629 bits per heavy atom. The second-order valence-electron chi connectivity index (χ2n) is 15.1. The van der Waals surface area contributed by atoms with Crippen LogP contribution in [0.3, 0.4) is 0 Å². The molecule has 0 aliphatic carbocycles. The van der Waals surface area contributed by atoms with Gasteiger partial charge in [-0.15, -0.1) is 0 Å². The van der Waals surface area contributed by atoms with Crippen molar-refractivity contribution in [2.24, 2.45) is 0 Å². The van der Waals surface area contributed by atoms with Crippen LogP contribution in [0.25, 0.3) is 0 Å². The fraction of sp³-hybridized carbons (Fsp3) is 0.423. The summed E-state index contributed by atoms with van der Waals surface area (Å²) in [5, 5.41) is 8.30. The van der Waals surface area contributed by atoms with E-state index in [0.29, 0.717) is 15.6 Å². The molecule has 0 radical (unpaired) electrons. The monoisotopic (exact) mass is 1010 g/mol. The summed E-state index contributed by atoms with van der Waals surface area (Å²) < 4.78 is 26.8. The first-order valence-corrected chi connectivity index (χ1v) is 22.4. The van der Waals surface area contributed by atoms with Crippen LogP contribution in [-0.2, 0) is 0 Å². The molecule has 0 bridgehead atoms. The van der Waals surface area contributed by atoms with Crippen molar-refractivity contribution in [2.45, 2.75) is 79.1 Å². The minimum Gasteiger partial charge on any atom is -1.00 e. The number of piperazine rings is 2. The van der Waals surface area contributed by atoms with Crippen molar-refractivity contribution < 1.29 is 51.6 Å². The van der Waals surface area contributed by atoms with E-state index in [4.69, 9.17) is 11.7 Å². The van der Waals surface area contributed by atoms with E-state index in [9.17, 15) is 8.78 Å². The first kappa shape index (κ1) is 56.9. The van der Waals surface area contributed by atoms with Crippen molar-refractivity contribution in [3.05, 3.63) is 142 Å². The van der Waals surface area contributed by atoms with Gasteiger partial charge in [-0.05, 0) is 80.1 Å². The molecule has 0 atom stereocenters. The van der Waals surface area contributed by atoms with E-state index in [1.165, 1.54) is 101 Å². The van der Waals surface area contributed by atoms with Crippen LogP contribution in [0.4, 0.5) is 20.2 Å². The molecule has 4 aromatic rings.